The molecular formula is C19H28N2O6S. The Hall–Kier alpha value is -1.84. The normalized spacial score (nSPS) is 25.6. The van der Waals surface area contributed by atoms with Gasteiger partial charge in [0.2, 0.25) is 15.9 Å². The monoisotopic (exact) mass is 412 g/mol. The number of hydrogen-bond acceptors (Lipinski definition) is 6. The molecule has 156 valence electrons. The van der Waals surface area contributed by atoms with Crippen LogP contribution in [0.15, 0.2) is 17.0 Å². The first-order chi connectivity index (χ1) is 13.2. The van der Waals surface area contributed by atoms with E-state index < -0.39 is 15.6 Å². The van der Waals surface area contributed by atoms with Crippen LogP contribution in [0.2, 0.25) is 0 Å². The second kappa shape index (κ2) is 7.88. The molecule has 1 aliphatic carbocycles. The summed E-state index contributed by atoms with van der Waals surface area (Å²) >= 11 is 0. The third-order valence-electron chi connectivity index (χ3n) is 5.80. The van der Waals surface area contributed by atoms with Crippen LogP contribution in [0, 0.1) is 5.92 Å². The van der Waals surface area contributed by atoms with Gasteiger partial charge in [-0.3, -0.25) is 4.79 Å². The minimum atomic E-state index is -3.88. The van der Waals surface area contributed by atoms with Crippen molar-refractivity contribution in [3.05, 3.63) is 12.1 Å². The fourth-order valence-corrected chi connectivity index (χ4v) is 5.91. The Morgan fingerprint density at radius 3 is 2.57 bits per heavy atom. The summed E-state index contributed by atoms with van der Waals surface area (Å²) in [6.45, 7) is 1.87. The van der Waals surface area contributed by atoms with E-state index in [2.05, 4.69) is 5.32 Å². The number of hydrogen-bond donors (Lipinski definition) is 2. The average Bonchev–Trinajstić information content (AvgIpc) is 2.66. The van der Waals surface area contributed by atoms with Gasteiger partial charge in [0.05, 0.1) is 25.5 Å². The third-order valence-corrected chi connectivity index (χ3v) is 7.69. The van der Waals surface area contributed by atoms with Crippen LogP contribution < -0.4 is 14.8 Å². The maximum absolute atomic E-state index is 13.4. The summed E-state index contributed by atoms with van der Waals surface area (Å²) in [5, 5.41) is 13.4. The Morgan fingerprint density at radius 1 is 1.21 bits per heavy atom. The molecule has 2 unspecified atom stereocenters. The highest BCUT2D eigenvalue weighted by Crippen LogP contribution is 2.43. The van der Waals surface area contributed by atoms with Gasteiger partial charge in [-0.1, -0.05) is 12.8 Å². The van der Waals surface area contributed by atoms with Crippen molar-refractivity contribution in [3.8, 4) is 11.5 Å². The Bertz CT molecular complexity index is 856. The zero-order valence-electron chi connectivity index (χ0n) is 16.5. The molecule has 0 spiro atoms. The van der Waals surface area contributed by atoms with Crippen molar-refractivity contribution in [1.29, 1.82) is 0 Å². The number of rotatable bonds is 5. The number of amides is 1. The number of piperidine rings is 1. The van der Waals surface area contributed by atoms with E-state index in [-0.39, 0.29) is 41.2 Å². The first-order valence-corrected chi connectivity index (χ1v) is 10.9. The van der Waals surface area contributed by atoms with E-state index in [1.54, 1.807) is 0 Å². The first kappa shape index (κ1) is 20.9. The molecule has 1 aromatic rings. The van der Waals surface area contributed by atoms with Crippen LogP contribution in [0.1, 0.15) is 39.0 Å². The van der Waals surface area contributed by atoms with Crippen molar-refractivity contribution >= 4 is 21.6 Å². The van der Waals surface area contributed by atoms with Gasteiger partial charge in [0.25, 0.3) is 0 Å². The maximum atomic E-state index is 13.4. The number of sulfonamides is 1. The number of carbonyl (C=O) groups is 1. The molecule has 1 aromatic carbocycles. The van der Waals surface area contributed by atoms with Gasteiger partial charge < -0.3 is 19.9 Å². The summed E-state index contributed by atoms with van der Waals surface area (Å²) in [6.07, 6.45) is 3.95. The first-order valence-electron chi connectivity index (χ1n) is 9.47. The molecule has 1 amide bonds. The lowest BCUT2D eigenvalue weighted by Crippen LogP contribution is -2.54. The summed E-state index contributed by atoms with van der Waals surface area (Å²) < 4.78 is 38.8. The molecule has 28 heavy (non-hydrogen) atoms. The van der Waals surface area contributed by atoms with Crippen LogP contribution in [0.3, 0.4) is 0 Å². The summed E-state index contributed by atoms with van der Waals surface area (Å²) in [5.41, 5.74) is -0.504. The number of anilines is 1. The van der Waals surface area contributed by atoms with Gasteiger partial charge in [-0.05, 0) is 25.3 Å². The highest BCUT2D eigenvalue weighted by atomic mass is 32.2. The Labute approximate surface area is 165 Å². The van der Waals surface area contributed by atoms with E-state index in [1.807, 2.05) is 0 Å². The van der Waals surface area contributed by atoms with Crippen molar-refractivity contribution in [2.75, 3.05) is 32.6 Å². The second-order valence-corrected chi connectivity index (χ2v) is 9.45. The molecule has 9 heteroatoms. The zero-order valence-corrected chi connectivity index (χ0v) is 17.3. The number of carbonyl (C=O) groups excluding carboxylic acids is 1. The molecule has 3 rings (SSSR count). The van der Waals surface area contributed by atoms with E-state index in [4.69, 9.17) is 9.47 Å². The lowest BCUT2D eigenvalue weighted by Gasteiger charge is -2.46. The smallest absolute Gasteiger partial charge is 0.246 e. The highest BCUT2D eigenvalue weighted by molar-refractivity contribution is 7.89. The van der Waals surface area contributed by atoms with Gasteiger partial charge >= 0.3 is 0 Å². The van der Waals surface area contributed by atoms with Crippen molar-refractivity contribution in [2.45, 2.75) is 49.5 Å². The second-order valence-electron chi connectivity index (χ2n) is 7.54. The molecule has 1 saturated heterocycles. The van der Waals surface area contributed by atoms with Gasteiger partial charge in [-0.2, -0.15) is 4.31 Å². The quantitative estimate of drug-likeness (QED) is 0.766. The summed E-state index contributed by atoms with van der Waals surface area (Å²) in [6, 6.07) is 2.83. The average molecular weight is 413 g/mol. The molecule has 0 radical (unpaired) electrons. The van der Waals surface area contributed by atoms with Gasteiger partial charge in [0, 0.05) is 32.0 Å². The van der Waals surface area contributed by atoms with Crippen LogP contribution in [-0.4, -0.2) is 56.6 Å². The van der Waals surface area contributed by atoms with E-state index in [0.717, 1.165) is 25.7 Å². The third kappa shape index (κ3) is 3.83. The van der Waals surface area contributed by atoms with Crippen LogP contribution in [0.4, 0.5) is 5.69 Å². The predicted octanol–water partition coefficient (Wildman–Crippen LogP) is 1.98. The van der Waals surface area contributed by atoms with Crippen molar-refractivity contribution in [3.63, 3.8) is 0 Å². The fraction of sp³-hybridized carbons (Fsp3) is 0.632. The summed E-state index contributed by atoms with van der Waals surface area (Å²) in [7, 11) is -1.05. The van der Waals surface area contributed by atoms with E-state index in [1.165, 1.54) is 37.6 Å². The van der Waals surface area contributed by atoms with E-state index in [0.29, 0.717) is 12.2 Å². The van der Waals surface area contributed by atoms with E-state index >= 15 is 0 Å². The summed E-state index contributed by atoms with van der Waals surface area (Å²) in [5.74, 6) is 0.0580. The molecule has 1 heterocycles. The van der Waals surface area contributed by atoms with Crippen LogP contribution >= 0.6 is 0 Å². The topological polar surface area (TPSA) is 105 Å². The molecule has 2 N–H and O–H groups in total. The Morgan fingerprint density at radius 2 is 1.93 bits per heavy atom. The SMILES string of the molecule is COc1cc(OC)c(S(=O)(=O)N2CCC3(O)CCCCC3C2)cc1NC(C)=O. The van der Waals surface area contributed by atoms with Crippen LogP contribution in [0.5, 0.6) is 11.5 Å². The largest absolute Gasteiger partial charge is 0.495 e. The fourth-order valence-electron chi connectivity index (χ4n) is 4.26. The minimum absolute atomic E-state index is 0.0270. The van der Waals surface area contributed by atoms with Gasteiger partial charge in [-0.15, -0.1) is 0 Å². The molecule has 2 aliphatic rings. The number of methoxy groups -OCH3 is 2. The molecule has 1 saturated carbocycles. The number of fused-ring (bicyclic) bond motifs is 1. The molecule has 8 nitrogen and oxygen atoms in total. The zero-order chi connectivity index (χ0) is 20.5. The highest BCUT2D eigenvalue weighted by Gasteiger charge is 2.46. The maximum Gasteiger partial charge on any atom is 0.246 e. The van der Waals surface area contributed by atoms with Crippen LogP contribution in [-0.2, 0) is 14.8 Å². The van der Waals surface area contributed by atoms with Gasteiger partial charge in [0.15, 0.2) is 0 Å². The van der Waals surface area contributed by atoms with Crippen molar-refractivity contribution < 1.29 is 27.8 Å². The molecule has 0 bridgehead atoms. The number of nitrogens with zero attached hydrogens (tertiary/aromatic N) is 1. The Balaban J connectivity index is 1.97. The predicted molar refractivity (Wildman–Crippen MR) is 104 cm³/mol. The number of ether oxygens (including phenoxy) is 2. The number of aliphatic hydroxyl groups is 1. The van der Waals surface area contributed by atoms with Crippen molar-refractivity contribution in [2.24, 2.45) is 5.92 Å². The molecule has 2 atom stereocenters. The molecule has 1 aliphatic heterocycles. The lowest BCUT2D eigenvalue weighted by molar-refractivity contribution is -0.114. The lowest BCUT2D eigenvalue weighted by atomic mass is 9.72. The Kier molecular flexibility index (Phi) is 5.88. The summed E-state index contributed by atoms with van der Waals surface area (Å²) in [4.78, 5) is 11.5. The van der Waals surface area contributed by atoms with Gasteiger partial charge in [-0.25, -0.2) is 8.42 Å². The molecular weight excluding hydrogens is 384 g/mol. The molecule has 2 fully saturated rings. The van der Waals surface area contributed by atoms with Gasteiger partial charge in [0.1, 0.15) is 16.4 Å². The van der Waals surface area contributed by atoms with Crippen molar-refractivity contribution in [1.82, 2.24) is 4.31 Å². The number of nitrogens with one attached hydrogen (secondary N) is 1. The number of benzene rings is 1. The van der Waals surface area contributed by atoms with Crippen LogP contribution in [0.25, 0.3) is 0 Å². The standard InChI is InChI=1S/C19H28N2O6S/c1-13(22)20-15-10-18(17(27-3)11-16(15)26-2)28(24,25)21-9-8-19(23)7-5-4-6-14(19)12-21/h10-11,14,23H,4-9,12H2,1-3H3,(H,20,22). The minimum Gasteiger partial charge on any atom is -0.495 e. The molecule has 0 aromatic heterocycles. The van der Waals surface area contributed by atoms with E-state index in [9.17, 15) is 18.3 Å².